The Kier molecular flexibility index (Phi) is 4.53. The highest BCUT2D eigenvalue weighted by molar-refractivity contribution is 7.89. The first-order chi connectivity index (χ1) is 9.94. The van der Waals surface area contributed by atoms with Crippen LogP contribution in [0.25, 0.3) is 0 Å². The van der Waals surface area contributed by atoms with Gasteiger partial charge in [0.2, 0.25) is 16.0 Å². The van der Waals surface area contributed by atoms with Crippen LogP contribution in [-0.2, 0) is 23.6 Å². The number of rotatable bonds is 6. The van der Waals surface area contributed by atoms with Gasteiger partial charge in [-0.25, -0.2) is 23.1 Å². The van der Waals surface area contributed by atoms with Gasteiger partial charge in [0.15, 0.2) is 0 Å². The van der Waals surface area contributed by atoms with Crippen molar-refractivity contribution in [3.05, 3.63) is 29.8 Å². The van der Waals surface area contributed by atoms with Gasteiger partial charge in [0, 0.05) is 31.4 Å². The Morgan fingerprint density at radius 1 is 1.24 bits per heavy atom. The molecule has 8 nitrogen and oxygen atoms in total. The molecule has 2 rings (SSSR count). The van der Waals surface area contributed by atoms with Crippen molar-refractivity contribution in [3.63, 3.8) is 0 Å². The second-order valence-electron chi connectivity index (χ2n) is 4.48. The highest BCUT2D eigenvalue weighted by Gasteiger charge is 2.16. The normalized spacial score (nSPS) is 11.6. The Balaban J connectivity index is 2.09. The molecule has 2 N–H and O–H groups in total. The van der Waals surface area contributed by atoms with Crippen molar-refractivity contribution in [2.45, 2.75) is 25.3 Å². The van der Waals surface area contributed by atoms with Gasteiger partial charge in [-0.3, -0.25) is 4.68 Å². The molecule has 21 heavy (non-hydrogen) atoms. The van der Waals surface area contributed by atoms with Gasteiger partial charge in [-0.1, -0.05) is 0 Å². The monoisotopic (exact) mass is 310 g/mol. The number of anilines is 1. The molecule has 0 saturated carbocycles. The highest BCUT2D eigenvalue weighted by atomic mass is 32.2. The van der Waals surface area contributed by atoms with Crippen molar-refractivity contribution >= 4 is 16.0 Å². The van der Waals surface area contributed by atoms with Crippen LogP contribution in [0.3, 0.4) is 0 Å². The van der Waals surface area contributed by atoms with Gasteiger partial charge in [0.05, 0.1) is 18.6 Å². The van der Waals surface area contributed by atoms with Gasteiger partial charge >= 0.3 is 0 Å². The molecule has 0 fully saturated rings. The predicted octanol–water partition coefficient (Wildman–Crippen LogP) is 0.429. The van der Waals surface area contributed by atoms with E-state index in [1.807, 2.05) is 13.8 Å². The smallest absolute Gasteiger partial charge is 0.243 e. The molecule has 9 heteroatoms. The molecule has 2 aromatic rings. The predicted molar refractivity (Wildman–Crippen MR) is 78.2 cm³/mol. The summed E-state index contributed by atoms with van der Waals surface area (Å²) in [5, 5.41) is 6.98. The van der Waals surface area contributed by atoms with Crippen LogP contribution in [0.1, 0.15) is 18.2 Å². The average molecular weight is 310 g/mol. The fraction of sp³-hybridized carbons (Fsp3) is 0.417. The van der Waals surface area contributed by atoms with Crippen molar-refractivity contribution in [1.29, 1.82) is 0 Å². The van der Waals surface area contributed by atoms with E-state index in [-0.39, 0.29) is 11.4 Å². The van der Waals surface area contributed by atoms with Crippen LogP contribution in [0.15, 0.2) is 23.5 Å². The molecule has 114 valence electrons. The lowest BCUT2D eigenvalue weighted by atomic mass is 10.3. The van der Waals surface area contributed by atoms with E-state index >= 15 is 0 Å². The topological polar surface area (TPSA) is 102 Å². The lowest BCUT2D eigenvalue weighted by molar-refractivity contribution is 0.580. The lowest BCUT2D eigenvalue weighted by Gasteiger charge is -2.07. The molecule has 0 saturated heterocycles. The van der Waals surface area contributed by atoms with Crippen molar-refractivity contribution < 1.29 is 8.42 Å². The molecule has 0 unspecified atom stereocenters. The van der Waals surface area contributed by atoms with Crippen molar-refractivity contribution in [2.75, 3.05) is 11.9 Å². The highest BCUT2D eigenvalue weighted by Crippen LogP contribution is 2.10. The van der Waals surface area contributed by atoms with Gasteiger partial charge in [-0.2, -0.15) is 5.10 Å². The second kappa shape index (κ2) is 6.19. The van der Waals surface area contributed by atoms with Crippen LogP contribution in [0, 0.1) is 6.92 Å². The minimum absolute atomic E-state index is 0.0331. The molecule has 0 aliphatic carbocycles. The molecular weight excluding hydrogens is 292 g/mol. The summed E-state index contributed by atoms with van der Waals surface area (Å²) in [5.41, 5.74) is 1.74. The Bertz CT molecular complexity index is 708. The molecule has 0 aromatic carbocycles. The molecule has 0 bridgehead atoms. The van der Waals surface area contributed by atoms with Gasteiger partial charge in [-0.05, 0) is 13.8 Å². The molecule has 0 atom stereocenters. The largest absolute Gasteiger partial charge is 0.355 e. The summed E-state index contributed by atoms with van der Waals surface area (Å²) >= 11 is 0. The Labute approximate surface area is 123 Å². The fourth-order valence-electron chi connectivity index (χ4n) is 1.68. The van der Waals surface area contributed by atoms with E-state index in [1.54, 1.807) is 17.9 Å². The summed E-state index contributed by atoms with van der Waals surface area (Å²) in [6, 6.07) is 0. The zero-order valence-electron chi connectivity index (χ0n) is 12.2. The maximum atomic E-state index is 12.2. The first-order valence-electron chi connectivity index (χ1n) is 6.47. The van der Waals surface area contributed by atoms with Gasteiger partial charge < -0.3 is 5.32 Å². The zero-order chi connectivity index (χ0) is 15.5. The van der Waals surface area contributed by atoms with E-state index < -0.39 is 10.0 Å². The summed E-state index contributed by atoms with van der Waals surface area (Å²) < 4.78 is 28.5. The molecule has 0 spiro atoms. The summed E-state index contributed by atoms with van der Waals surface area (Å²) in [7, 11) is -1.83. The third-order valence-corrected chi connectivity index (χ3v) is 4.42. The van der Waals surface area contributed by atoms with E-state index in [0.717, 1.165) is 11.3 Å². The van der Waals surface area contributed by atoms with Crippen LogP contribution < -0.4 is 10.0 Å². The van der Waals surface area contributed by atoms with Gasteiger partial charge in [0.1, 0.15) is 4.90 Å². The number of hydrogen-bond donors (Lipinski definition) is 2. The first-order valence-corrected chi connectivity index (χ1v) is 7.95. The van der Waals surface area contributed by atoms with Crippen LogP contribution in [0.2, 0.25) is 0 Å². The van der Waals surface area contributed by atoms with Crippen molar-refractivity contribution in [2.24, 2.45) is 7.05 Å². The number of nitrogens with one attached hydrogen (secondary N) is 2. The molecule has 0 amide bonds. The Hall–Kier alpha value is -2.00. The number of aromatic nitrogens is 4. The minimum Gasteiger partial charge on any atom is -0.355 e. The molecule has 0 aliphatic heterocycles. The van der Waals surface area contributed by atoms with Gasteiger partial charge in [-0.15, -0.1) is 0 Å². The maximum absolute atomic E-state index is 12.2. The average Bonchev–Trinajstić information content (AvgIpc) is 2.78. The number of sulfonamides is 1. The van der Waals surface area contributed by atoms with E-state index in [2.05, 4.69) is 25.1 Å². The third-order valence-electron chi connectivity index (χ3n) is 3.06. The number of nitrogens with zero attached hydrogens (tertiary/aromatic N) is 4. The van der Waals surface area contributed by atoms with Crippen molar-refractivity contribution in [1.82, 2.24) is 24.5 Å². The van der Waals surface area contributed by atoms with E-state index in [4.69, 9.17) is 0 Å². The standard InChI is InChI=1S/C12H18N6O2S/c1-4-13-12-14-7-11(8-15-12)21(19,20)17-6-10-5-16-18(3)9(10)2/h5,7-8,17H,4,6H2,1-3H3,(H,13,14,15). The summed E-state index contributed by atoms with van der Waals surface area (Å²) in [5.74, 6) is 0.402. The van der Waals surface area contributed by atoms with E-state index in [9.17, 15) is 8.42 Å². The second-order valence-corrected chi connectivity index (χ2v) is 6.24. The zero-order valence-corrected chi connectivity index (χ0v) is 13.0. The van der Waals surface area contributed by atoms with Crippen LogP contribution in [-0.4, -0.2) is 34.7 Å². The van der Waals surface area contributed by atoms with Crippen LogP contribution in [0.5, 0.6) is 0 Å². The van der Waals surface area contributed by atoms with E-state index in [0.29, 0.717) is 12.5 Å². The molecule has 0 aliphatic rings. The quantitative estimate of drug-likeness (QED) is 0.802. The molecule has 2 aromatic heterocycles. The minimum atomic E-state index is -3.64. The van der Waals surface area contributed by atoms with Crippen LogP contribution >= 0.6 is 0 Å². The van der Waals surface area contributed by atoms with Crippen molar-refractivity contribution in [3.8, 4) is 0 Å². The lowest BCUT2D eigenvalue weighted by Crippen LogP contribution is -2.24. The van der Waals surface area contributed by atoms with E-state index in [1.165, 1.54) is 12.4 Å². The molecular formula is C12H18N6O2S. The Morgan fingerprint density at radius 3 is 2.43 bits per heavy atom. The number of hydrogen-bond acceptors (Lipinski definition) is 6. The summed E-state index contributed by atoms with van der Waals surface area (Å²) in [4.78, 5) is 7.94. The summed E-state index contributed by atoms with van der Waals surface area (Å²) in [6.45, 7) is 4.64. The molecule has 0 radical (unpaired) electrons. The van der Waals surface area contributed by atoms with Gasteiger partial charge in [0.25, 0.3) is 0 Å². The SMILES string of the molecule is CCNc1ncc(S(=O)(=O)NCc2cnn(C)c2C)cn1. The van der Waals surface area contributed by atoms with Crippen LogP contribution in [0.4, 0.5) is 5.95 Å². The first kappa shape index (κ1) is 15.4. The Morgan fingerprint density at radius 2 is 1.90 bits per heavy atom. The molecule has 2 heterocycles. The fourth-order valence-corrected chi connectivity index (χ4v) is 2.57. The third kappa shape index (κ3) is 3.56. The summed E-state index contributed by atoms with van der Waals surface area (Å²) in [6.07, 6.45) is 4.20. The number of aryl methyl sites for hydroxylation is 1. The maximum Gasteiger partial charge on any atom is 0.243 e.